The van der Waals surface area contributed by atoms with Crippen LogP contribution in [0.4, 0.5) is 15.8 Å². The molecule has 3 heterocycles. The predicted molar refractivity (Wildman–Crippen MR) is 139 cm³/mol. The highest BCUT2D eigenvalue weighted by atomic mass is 35.5. The number of thiocarbonyl (C=S) groups is 1. The first-order valence-electron chi connectivity index (χ1n) is 10.9. The van der Waals surface area contributed by atoms with Gasteiger partial charge in [0, 0.05) is 42.1 Å². The van der Waals surface area contributed by atoms with Crippen molar-refractivity contribution in [2.75, 3.05) is 10.2 Å². The Morgan fingerprint density at radius 3 is 2.54 bits per heavy atom. The lowest BCUT2D eigenvalue weighted by atomic mass is 10.0. The molecule has 1 amide bonds. The van der Waals surface area contributed by atoms with Gasteiger partial charge in [-0.25, -0.2) is 4.39 Å². The third-order valence-corrected chi connectivity index (χ3v) is 6.43. The van der Waals surface area contributed by atoms with E-state index >= 15 is 0 Å². The van der Waals surface area contributed by atoms with Crippen molar-refractivity contribution in [3.05, 3.63) is 107 Å². The minimum atomic E-state index is -0.472. The van der Waals surface area contributed by atoms with Gasteiger partial charge in [0.25, 0.3) is 0 Å². The van der Waals surface area contributed by atoms with Gasteiger partial charge in [0.15, 0.2) is 5.11 Å². The standard InChI is InChI=1S/C26H21ClFN5OS/c1-16(34)30-17-7-9-18(10-8-17)33-25(24(31-26(33)35)22-5-2-3-13-29-22)23-6-4-14-32(23)19-11-12-21(28)20(27)15-19/h2-15,24-25H,1H3,(H,30,34)(H,31,35)/t24-,25-/m0/s1. The monoisotopic (exact) mass is 505 g/mol. The molecule has 35 heavy (non-hydrogen) atoms. The maximum Gasteiger partial charge on any atom is 0.221 e. The van der Waals surface area contributed by atoms with Crippen LogP contribution in [-0.2, 0) is 4.79 Å². The fourth-order valence-corrected chi connectivity index (χ4v) is 4.87. The van der Waals surface area contributed by atoms with Crippen molar-refractivity contribution in [1.29, 1.82) is 0 Å². The lowest BCUT2D eigenvalue weighted by molar-refractivity contribution is -0.114. The maximum atomic E-state index is 13.9. The molecule has 2 aromatic heterocycles. The van der Waals surface area contributed by atoms with Crippen LogP contribution in [0.5, 0.6) is 0 Å². The van der Waals surface area contributed by atoms with Gasteiger partial charge < -0.3 is 20.1 Å². The fourth-order valence-electron chi connectivity index (χ4n) is 4.35. The Bertz CT molecular complexity index is 1390. The zero-order chi connectivity index (χ0) is 24.5. The van der Waals surface area contributed by atoms with Gasteiger partial charge in [-0.2, -0.15) is 0 Å². The SMILES string of the molecule is CC(=O)Nc1ccc(N2C(=S)N[C@@H](c3ccccn3)[C@@H]2c2cccn2-c2ccc(F)c(Cl)c2)cc1. The summed E-state index contributed by atoms with van der Waals surface area (Å²) in [5.41, 5.74) is 4.03. The van der Waals surface area contributed by atoms with E-state index in [1.165, 1.54) is 13.0 Å². The molecule has 1 aliphatic rings. The third-order valence-electron chi connectivity index (χ3n) is 5.83. The van der Waals surface area contributed by atoms with E-state index in [9.17, 15) is 9.18 Å². The number of hydrogen-bond acceptors (Lipinski definition) is 3. The average molecular weight is 506 g/mol. The molecule has 2 N–H and O–H groups in total. The summed E-state index contributed by atoms with van der Waals surface area (Å²) in [6, 6.07) is 21.3. The molecule has 0 bridgehead atoms. The van der Waals surface area contributed by atoms with Crippen LogP contribution in [0.1, 0.15) is 30.4 Å². The lowest BCUT2D eigenvalue weighted by Gasteiger charge is -2.29. The summed E-state index contributed by atoms with van der Waals surface area (Å²) in [5.74, 6) is -0.611. The molecule has 0 radical (unpaired) electrons. The molecule has 4 aromatic rings. The summed E-state index contributed by atoms with van der Waals surface area (Å²) in [5, 5.41) is 6.81. The van der Waals surface area contributed by atoms with Gasteiger partial charge in [0.05, 0.1) is 16.8 Å². The van der Waals surface area contributed by atoms with E-state index < -0.39 is 5.82 Å². The van der Waals surface area contributed by atoms with E-state index in [-0.39, 0.29) is 23.0 Å². The minimum Gasteiger partial charge on any atom is -0.351 e. The highest BCUT2D eigenvalue weighted by molar-refractivity contribution is 7.80. The molecule has 176 valence electrons. The number of carbonyl (C=O) groups is 1. The Morgan fingerprint density at radius 2 is 1.86 bits per heavy atom. The fraction of sp³-hybridized carbons (Fsp3) is 0.115. The molecule has 6 nitrogen and oxygen atoms in total. The van der Waals surface area contributed by atoms with Gasteiger partial charge in [0.1, 0.15) is 11.9 Å². The smallest absolute Gasteiger partial charge is 0.221 e. The van der Waals surface area contributed by atoms with Crippen molar-refractivity contribution in [3.63, 3.8) is 0 Å². The number of amides is 1. The van der Waals surface area contributed by atoms with Crippen LogP contribution < -0.4 is 15.5 Å². The zero-order valence-electron chi connectivity index (χ0n) is 18.7. The number of benzene rings is 2. The molecule has 2 atom stereocenters. The van der Waals surface area contributed by atoms with Crippen molar-refractivity contribution in [3.8, 4) is 5.69 Å². The Morgan fingerprint density at radius 1 is 1.09 bits per heavy atom. The Balaban J connectivity index is 1.62. The molecule has 0 aliphatic carbocycles. The second-order valence-electron chi connectivity index (χ2n) is 8.13. The van der Waals surface area contributed by atoms with Crippen molar-refractivity contribution < 1.29 is 9.18 Å². The van der Waals surface area contributed by atoms with Gasteiger partial charge in [-0.1, -0.05) is 17.7 Å². The van der Waals surface area contributed by atoms with Gasteiger partial charge in [-0.15, -0.1) is 0 Å². The topological polar surface area (TPSA) is 62.2 Å². The third kappa shape index (κ3) is 4.50. The van der Waals surface area contributed by atoms with Crippen LogP contribution in [0.15, 0.2) is 85.2 Å². The largest absolute Gasteiger partial charge is 0.351 e. The summed E-state index contributed by atoms with van der Waals surface area (Å²) >= 11 is 11.9. The summed E-state index contributed by atoms with van der Waals surface area (Å²) < 4.78 is 15.8. The van der Waals surface area contributed by atoms with Crippen LogP contribution >= 0.6 is 23.8 Å². The zero-order valence-corrected chi connectivity index (χ0v) is 20.2. The number of aromatic nitrogens is 2. The van der Waals surface area contributed by atoms with Crippen LogP contribution in [0.3, 0.4) is 0 Å². The predicted octanol–water partition coefficient (Wildman–Crippen LogP) is 5.80. The maximum absolute atomic E-state index is 13.9. The molecule has 1 fully saturated rings. The lowest BCUT2D eigenvalue weighted by Crippen LogP contribution is -2.30. The molecule has 9 heteroatoms. The minimum absolute atomic E-state index is 0.0499. The highest BCUT2D eigenvalue weighted by Gasteiger charge is 2.42. The number of carbonyl (C=O) groups excluding carboxylic acids is 1. The number of hydrogen-bond donors (Lipinski definition) is 2. The van der Waals surface area contributed by atoms with Crippen LogP contribution in [0.25, 0.3) is 5.69 Å². The number of nitrogens with zero attached hydrogens (tertiary/aromatic N) is 3. The Kier molecular flexibility index (Phi) is 6.23. The number of rotatable bonds is 5. The highest BCUT2D eigenvalue weighted by Crippen LogP contribution is 2.42. The second-order valence-corrected chi connectivity index (χ2v) is 8.92. The van der Waals surface area contributed by atoms with Gasteiger partial charge in [-0.05, 0) is 78.9 Å². The Hall–Kier alpha value is -3.75. The van der Waals surface area contributed by atoms with Gasteiger partial charge in [0.2, 0.25) is 5.91 Å². The molecule has 0 unspecified atom stereocenters. The van der Waals surface area contributed by atoms with Crippen molar-refractivity contribution in [2.45, 2.75) is 19.0 Å². The number of halogens is 2. The van der Waals surface area contributed by atoms with Gasteiger partial charge in [-0.3, -0.25) is 9.78 Å². The molecule has 2 aromatic carbocycles. The van der Waals surface area contributed by atoms with E-state index in [1.807, 2.05) is 70.3 Å². The van der Waals surface area contributed by atoms with Crippen molar-refractivity contribution >= 4 is 46.2 Å². The molecular weight excluding hydrogens is 485 g/mol. The molecular formula is C26H21ClFN5OS. The van der Waals surface area contributed by atoms with E-state index in [0.717, 1.165) is 22.8 Å². The van der Waals surface area contributed by atoms with E-state index in [1.54, 1.807) is 18.3 Å². The summed E-state index contributed by atoms with van der Waals surface area (Å²) in [7, 11) is 0. The summed E-state index contributed by atoms with van der Waals surface area (Å²) in [6.45, 7) is 1.47. The number of nitrogens with one attached hydrogen (secondary N) is 2. The molecule has 0 spiro atoms. The molecule has 1 aliphatic heterocycles. The Labute approximate surface area is 212 Å². The van der Waals surface area contributed by atoms with E-state index in [0.29, 0.717) is 10.8 Å². The summed E-state index contributed by atoms with van der Waals surface area (Å²) in [6.07, 6.45) is 3.66. The van der Waals surface area contributed by atoms with Crippen LogP contribution in [-0.4, -0.2) is 20.6 Å². The molecule has 1 saturated heterocycles. The first-order chi connectivity index (χ1) is 16.9. The molecule has 5 rings (SSSR count). The van der Waals surface area contributed by atoms with Crippen LogP contribution in [0.2, 0.25) is 5.02 Å². The number of anilines is 2. The van der Waals surface area contributed by atoms with Crippen LogP contribution in [0, 0.1) is 5.82 Å². The summed E-state index contributed by atoms with van der Waals surface area (Å²) in [4.78, 5) is 18.0. The number of pyridine rings is 1. The van der Waals surface area contributed by atoms with Crippen molar-refractivity contribution in [1.82, 2.24) is 14.9 Å². The second kappa shape index (κ2) is 9.48. The quantitative estimate of drug-likeness (QED) is 0.336. The average Bonchev–Trinajstić information content (AvgIpc) is 3.46. The van der Waals surface area contributed by atoms with Gasteiger partial charge >= 0.3 is 0 Å². The van der Waals surface area contributed by atoms with Crippen molar-refractivity contribution in [2.24, 2.45) is 0 Å². The first kappa shape index (κ1) is 23.0. The normalized spacial score (nSPS) is 17.3. The first-order valence-corrected chi connectivity index (χ1v) is 11.7. The molecule has 0 saturated carbocycles. The van der Waals surface area contributed by atoms with E-state index in [4.69, 9.17) is 23.8 Å². The van der Waals surface area contributed by atoms with E-state index in [2.05, 4.69) is 15.6 Å².